The van der Waals surface area contributed by atoms with Crippen molar-refractivity contribution in [3.05, 3.63) is 193 Å². The first-order valence-corrected chi connectivity index (χ1v) is 21.2. The van der Waals surface area contributed by atoms with E-state index in [9.17, 15) is 0 Å². The van der Waals surface area contributed by atoms with Gasteiger partial charge in [0.15, 0.2) is 0 Å². The molecule has 0 heterocycles. The second-order valence-corrected chi connectivity index (χ2v) is 18.4. The fraction of sp³-hybridized carbons (Fsp3) is 0.236. The number of anilines is 6. The summed E-state index contributed by atoms with van der Waals surface area (Å²) in [6.07, 6.45) is 7.29. The first-order chi connectivity index (χ1) is 27.9. The van der Waals surface area contributed by atoms with Crippen LogP contribution in [0.4, 0.5) is 34.1 Å². The molecule has 0 N–H and O–H groups in total. The average Bonchev–Trinajstić information content (AvgIpc) is 3.83. The van der Waals surface area contributed by atoms with Crippen LogP contribution in [0.5, 0.6) is 0 Å². The third-order valence-electron chi connectivity index (χ3n) is 15.5. The average molecular weight is 737 g/mol. The van der Waals surface area contributed by atoms with E-state index < -0.39 is 0 Å². The molecule has 1 spiro atoms. The van der Waals surface area contributed by atoms with E-state index in [0.717, 1.165) is 45.9 Å². The van der Waals surface area contributed by atoms with E-state index in [-0.39, 0.29) is 5.41 Å². The topological polar surface area (TPSA) is 6.48 Å². The van der Waals surface area contributed by atoms with Gasteiger partial charge < -0.3 is 9.80 Å². The lowest BCUT2D eigenvalue weighted by Gasteiger charge is -2.66. The second-order valence-electron chi connectivity index (χ2n) is 18.4. The summed E-state index contributed by atoms with van der Waals surface area (Å²) in [5.74, 6) is 3.03. The van der Waals surface area contributed by atoms with Gasteiger partial charge in [0.2, 0.25) is 0 Å². The van der Waals surface area contributed by atoms with Crippen molar-refractivity contribution in [2.45, 2.75) is 56.8 Å². The fourth-order valence-corrected chi connectivity index (χ4v) is 12.9. The SMILES string of the molecule is CC1(C)c2ccccc2-c2ccc(N(c3ccc(N(c4ccccc4)c4ccc(C56CC7CC8CC(C5)C87C6)cc4)cc3)c3ccccc3-c3ccccc3)cc21. The zero-order valence-electron chi connectivity index (χ0n) is 32.9. The van der Waals surface area contributed by atoms with Gasteiger partial charge >= 0.3 is 0 Å². The Morgan fingerprint density at radius 3 is 1.63 bits per heavy atom. The van der Waals surface area contributed by atoms with Crippen LogP contribution in [0.1, 0.15) is 62.6 Å². The van der Waals surface area contributed by atoms with E-state index in [1.165, 1.54) is 76.9 Å². The first kappa shape index (κ1) is 33.3. The van der Waals surface area contributed by atoms with Crippen LogP contribution in [0.2, 0.25) is 0 Å². The predicted molar refractivity (Wildman–Crippen MR) is 236 cm³/mol. The molecular formula is C55H48N2. The minimum Gasteiger partial charge on any atom is -0.311 e. The highest BCUT2D eigenvalue weighted by atomic mass is 15.2. The monoisotopic (exact) mass is 736 g/mol. The van der Waals surface area contributed by atoms with E-state index in [1.54, 1.807) is 5.56 Å². The predicted octanol–water partition coefficient (Wildman–Crippen LogP) is 14.7. The molecule has 7 aromatic rings. The van der Waals surface area contributed by atoms with E-state index >= 15 is 0 Å². The van der Waals surface area contributed by atoms with Crippen LogP contribution in [-0.2, 0) is 10.8 Å². The van der Waals surface area contributed by atoms with Crippen LogP contribution in [0.25, 0.3) is 22.3 Å². The summed E-state index contributed by atoms with van der Waals surface area (Å²) < 4.78 is 0. The molecule has 2 bridgehead atoms. The number of rotatable bonds is 8. The van der Waals surface area contributed by atoms with Gasteiger partial charge in [-0.3, -0.25) is 0 Å². The number of para-hydroxylation sites is 2. The summed E-state index contributed by atoms with van der Waals surface area (Å²) in [5.41, 5.74) is 17.4. The Morgan fingerprint density at radius 1 is 0.439 bits per heavy atom. The Balaban J connectivity index is 0.949. The molecule has 2 unspecified atom stereocenters. The molecule has 2 heteroatoms. The highest BCUT2D eigenvalue weighted by Crippen LogP contribution is 2.84. The van der Waals surface area contributed by atoms with Crippen molar-refractivity contribution in [3.63, 3.8) is 0 Å². The lowest BCUT2D eigenvalue weighted by atomic mass is 9.38. The van der Waals surface area contributed by atoms with E-state index in [4.69, 9.17) is 0 Å². The molecule has 57 heavy (non-hydrogen) atoms. The van der Waals surface area contributed by atoms with Crippen LogP contribution in [-0.4, -0.2) is 0 Å². The number of hydrogen-bond donors (Lipinski definition) is 0. The van der Waals surface area contributed by atoms with E-state index in [0.29, 0.717) is 5.41 Å². The smallest absolute Gasteiger partial charge is 0.0540 e. The second kappa shape index (κ2) is 12.1. The zero-order valence-corrected chi connectivity index (χ0v) is 32.9. The standard InChI is InChI=1S/C55H48N2/c1-53(2)50-19-11-9-18-48(50)49-30-29-46(33-51(49)53)57(52-20-12-10-17-47(52)37-13-5-3-6-14-37)45-27-25-44(26-28-45)56(42-15-7-4-8-16-42)43-23-21-38(22-24-43)54-34-40-31-39-32-41(35-54)55(39,40)36-54/h3-30,33,39-41H,31-32,34-36H2,1-2H3. The Morgan fingerprint density at radius 2 is 0.965 bits per heavy atom. The molecule has 2 atom stereocenters. The quantitative estimate of drug-likeness (QED) is 0.153. The van der Waals surface area contributed by atoms with Gasteiger partial charge in [0.25, 0.3) is 0 Å². The van der Waals surface area contributed by atoms with Crippen LogP contribution in [0.15, 0.2) is 176 Å². The summed E-state index contributed by atoms with van der Waals surface area (Å²) in [5, 5.41) is 0. The molecular weight excluding hydrogens is 689 g/mol. The molecule has 0 radical (unpaired) electrons. The van der Waals surface area contributed by atoms with Gasteiger partial charge in [0, 0.05) is 39.4 Å². The summed E-state index contributed by atoms with van der Waals surface area (Å²) in [7, 11) is 0. The summed E-state index contributed by atoms with van der Waals surface area (Å²) in [6, 6.07) is 65.5. The highest BCUT2D eigenvalue weighted by Gasteiger charge is 2.77. The van der Waals surface area contributed by atoms with Gasteiger partial charge in [0.1, 0.15) is 0 Å². The van der Waals surface area contributed by atoms with Crippen LogP contribution < -0.4 is 9.80 Å². The molecule has 12 rings (SSSR count). The Hall–Kier alpha value is -5.86. The first-order valence-electron chi connectivity index (χ1n) is 21.2. The van der Waals surface area contributed by atoms with Crippen LogP contribution in [0, 0.1) is 23.2 Å². The highest BCUT2D eigenvalue weighted by molar-refractivity contribution is 5.91. The van der Waals surface area contributed by atoms with E-state index in [1.807, 2.05) is 0 Å². The van der Waals surface area contributed by atoms with Gasteiger partial charge in [-0.15, -0.1) is 0 Å². The summed E-state index contributed by atoms with van der Waals surface area (Å²) in [4.78, 5) is 4.88. The van der Waals surface area contributed by atoms with Crippen molar-refractivity contribution in [3.8, 4) is 22.3 Å². The van der Waals surface area contributed by atoms with Crippen LogP contribution >= 0.6 is 0 Å². The third-order valence-corrected chi connectivity index (χ3v) is 15.5. The molecule has 0 aliphatic heterocycles. The van der Waals surface area contributed by atoms with Crippen molar-refractivity contribution in [2.75, 3.05) is 9.80 Å². The minimum absolute atomic E-state index is 0.0986. The molecule has 7 aromatic carbocycles. The number of hydrogen-bond acceptors (Lipinski definition) is 2. The van der Waals surface area contributed by atoms with Gasteiger partial charge in [-0.2, -0.15) is 0 Å². The molecule has 278 valence electrons. The number of fused-ring (bicyclic) bond motifs is 4. The van der Waals surface area contributed by atoms with Crippen molar-refractivity contribution in [1.82, 2.24) is 0 Å². The molecule has 4 saturated carbocycles. The van der Waals surface area contributed by atoms with Crippen molar-refractivity contribution in [2.24, 2.45) is 23.2 Å². The maximum Gasteiger partial charge on any atom is 0.0540 e. The Kier molecular flexibility index (Phi) is 7.05. The lowest BCUT2D eigenvalue weighted by molar-refractivity contribution is -0.175. The summed E-state index contributed by atoms with van der Waals surface area (Å²) >= 11 is 0. The largest absolute Gasteiger partial charge is 0.311 e. The molecule has 0 saturated heterocycles. The minimum atomic E-state index is -0.0986. The fourth-order valence-electron chi connectivity index (χ4n) is 12.9. The maximum atomic E-state index is 2.48. The summed E-state index contributed by atoms with van der Waals surface area (Å²) in [6.45, 7) is 4.74. The Labute approximate surface area is 337 Å². The molecule has 2 nitrogen and oxygen atoms in total. The van der Waals surface area contributed by atoms with Gasteiger partial charge in [-0.1, -0.05) is 123 Å². The van der Waals surface area contributed by atoms with Crippen molar-refractivity contribution in [1.29, 1.82) is 0 Å². The molecule has 0 amide bonds. The molecule has 5 aliphatic rings. The zero-order chi connectivity index (χ0) is 37.9. The molecule has 0 aromatic heterocycles. The maximum absolute atomic E-state index is 2.48. The van der Waals surface area contributed by atoms with Gasteiger partial charge in [-0.05, 0) is 161 Å². The molecule has 4 fully saturated rings. The van der Waals surface area contributed by atoms with Gasteiger partial charge in [0.05, 0.1) is 5.69 Å². The lowest BCUT2D eigenvalue weighted by Crippen LogP contribution is -2.59. The van der Waals surface area contributed by atoms with Crippen LogP contribution in [0.3, 0.4) is 0 Å². The van der Waals surface area contributed by atoms with Crippen molar-refractivity contribution >= 4 is 34.1 Å². The number of nitrogens with zero attached hydrogens (tertiary/aromatic N) is 2. The molecule has 5 aliphatic carbocycles. The third kappa shape index (κ3) is 4.71. The van der Waals surface area contributed by atoms with Gasteiger partial charge in [-0.25, -0.2) is 0 Å². The van der Waals surface area contributed by atoms with E-state index in [2.05, 4.69) is 200 Å². The number of benzene rings is 7. The Bertz CT molecular complexity index is 2640. The van der Waals surface area contributed by atoms with Crippen molar-refractivity contribution < 1.29 is 0 Å². The normalized spacial score (nSPS) is 25.1.